The molecule has 0 bridgehead atoms. The van der Waals surface area contributed by atoms with Crippen LogP contribution in [0.3, 0.4) is 0 Å². The molecular formula is C15H10N2O3. The zero-order valence-corrected chi connectivity index (χ0v) is 10.4. The molecule has 0 atom stereocenters. The fraction of sp³-hybridized carbons (Fsp3) is 0.0667. The molecule has 0 aliphatic carbocycles. The van der Waals surface area contributed by atoms with Crippen molar-refractivity contribution in [1.29, 1.82) is 0 Å². The van der Waals surface area contributed by atoms with Gasteiger partial charge in [-0.3, -0.25) is 4.79 Å². The molecule has 1 aromatic heterocycles. The van der Waals surface area contributed by atoms with Gasteiger partial charge in [-0.2, -0.15) is 0 Å². The van der Waals surface area contributed by atoms with E-state index < -0.39 is 0 Å². The van der Waals surface area contributed by atoms with Crippen LogP contribution >= 0.6 is 0 Å². The number of hydrogen-bond acceptors (Lipinski definition) is 4. The second-order valence-electron chi connectivity index (χ2n) is 4.55. The molecule has 0 unspecified atom stereocenters. The molecular weight excluding hydrogens is 256 g/mol. The van der Waals surface area contributed by atoms with E-state index in [0.717, 1.165) is 40.2 Å². The summed E-state index contributed by atoms with van der Waals surface area (Å²) >= 11 is 0. The number of aldehydes is 1. The second kappa shape index (κ2) is 4.09. The highest BCUT2D eigenvalue weighted by Crippen LogP contribution is 2.35. The van der Waals surface area contributed by atoms with E-state index in [1.807, 2.05) is 24.3 Å². The molecule has 5 heteroatoms. The minimum Gasteiger partial charge on any atom is -0.454 e. The lowest BCUT2D eigenvalue weighted by molar-refractivity contribution is 0.112. The van der Waals surface area contributed by atoms with Crippen LogP contribution in [0.2, 0.25) is 0 Å². The molecule has 5 nitrogen and oxygen atoms in total. The van der Waals surface area contributed by atoms with Crippen molar-refractivity contribution in [2.24, 2.45) is 0 Å². The van der Waals surface area contributed by atoms with Crippen LogP contribution in [0.25, 0.3) is 22.4 Å². The third kappa shape index (κ3) is 1.64. The van der Waals surface area contributed by atoms with Crippen LogP contribution in [0, 0.1) is 0 Å². The van der Waals surface area contributed by atoms with Crippen molar-refractivity contribution < 1.29 is 14.3 Å². The van der Waals surface area contributed by atoms with Gasteiger partial charge in [0.15, 0.2) is 11.5 Å². The van der Waals surface area contributed by atoms with Crippen LogP contribution in [0.15, 0.2) is 36.4 Å². The molecule has 4 rings (SSSR count). The van der Waals surface area contributed by atoms with Gasteiger partial charge in [0.25, 0.3) is 0 Å². The zero-order valence-electron chi connectivity index (χ0n) is 10.4. The van der Waals surface area contributed by atoms with Crippen molar-refractivity contribution >= 4 is 17.3 Å². The monoisotopic (exact) mass is 266 g/mol. The number of fused-ring (bicyclic) bond motifs is 2. The van der Waals surface area contributed by atoms with E-state index in [2.05, 4.69) is 9.97 Å². The molecule has 0 spiro atoms. The molecule has 1 aliphatic heterocycles. The van der Waals surface area contributed by atoms with Gasteiger partial charge >= 0.3 is 0 Å². The number of imidazole rings is 1. The molecule has 1 aliphatic rings. The lowest BCUT2D eigenvalue weighted by atomic mass is 10.2. The Kier molecular flexibility index (Phi) is 2.26. The van der Waals surface area contributed by atoms with Crippen LogP contribution in [0.5, 0.6) is 11.5 Å². The van der Waals surface area contributed by atoms with Crippen molar-refractivity contribution in [1.82, 2.24) is 9.97 Å². The Labute approximate surface area is 114 Å². The number of carbonyl (C=O) groups is 1. The zero-order chi connectivity index (χ0) is 13.5. The maximum Gasteiger partial charge on any atom is 0.231 e. The fourth-order valence-corrected chi connectivity index (χ4v) is 2.28. The standard InChI is InChI=1S/C15H10N2O3/c18-7-9-1-3-11-12(5-9)17-15(16-11)10-2-4-13-14(6-10)20-8-19-13/h1-7H,8H2,(H,16,17). The van der Waals surface area contributed by atoms with Crippen molar-refractivity contribution in [3.05, 3.63) is 42.0 Å². The van der Waals surface area contributed by atoms with E-state index in [4.69, 9.17) is 9.47 Å². The highest BCUT2D eigenvalue weighted by atomic mass is 16.7. The Morgan fingerprint density at radius 2 is 2.00 bits per heavy atom. The molecule has 1 N–H and O–H groups in total. The summed E-state index contributed by atoms with van der Waals surface area (Å²) in [5, 5.41) is 0. The van der Waals surface area contributed by atoms with Gasteiger partial charge in [0.2, 0.25) is 6.79 Å². The smallest absolute Gasteiger partial charge is 0.231 e. The van der Waals surface area contributed by atoms with Gasteiger partial charge in [0.1, 0.15) is 12.1 Å². The van der Waals surface area contributed by atoms with Gasteiger partial charge < -0.3 is 14.5 Å². The lowest BCUT2D eigenvalue weighted by Crippen LogP contribution is -1.92. The SMILES string of the molecule is O=Cc1ccc2nc(-c3ccc4c(c3)OCO4)[nH]c2c1. The molecule has 2 heterocycles. The summed E-state index contributed by atoms with van der Waals surface area (Å²) in [7, 11) is 0. The van der Waals surface area contributed by atoms with E-state index >= 15 is 0 Å². The number of H-pyrrole nitrogens is 1. The Bertz CT molecular complexity index is 823. The average molecular weight is 266 g/mol. The van der Waals surface area contributed by atoms with Crippen LogP contribution in [0.4, 0.5) is 0 Å². The third-order valence-corrected chi connectivity index (χ3v) is 3.29. The topological polar surface area (TPSA) is 64.2 Å². The molecule has 0 fully saturated rings. The summed E-state index contributed by atoms with van der Waals surface area (Å²) in [5.41, 5.74) is 3.20. The largest absolute Gasteiger partial charge is 0.454 e. The predicted octanol–water partition coefficient (Wildman–Crippen LogP) is 2.77. The van der Waals surface area contributed by atoms with Gasteiger partial charge in [0, 0.05) is 11.1 Å². The van der Waals surface area contributed by atoms with Crippen LogP contribution in [0.1, 0.15) is 10.4 Å². The van der Waals surface area contributed by atoms with Crippen molar-refractivity contribution in [3.8, 4) is 22.9 Å². The summed E-state index contributed by atoms with van der Waals surface area (Å²) in [6, 6.07) is 11.0. The van der Waals surface area contributed by atoms with Gasteiger partial charge in [0.05, 0.1) is 11.0 Å². The first-order valence-corrected chi connectivity index (χ1v) is 6.18. The molecule has 20 heavy (non-hydrogen) atoms. The lowest BCUT2D eigenvalue weighted by Gasteiger charge is -1.99. The van der Waals surface area contributed by atoms with E-state index in [9.17, 15) is 4.79 Å². The quantitative estimate of drug-likeness (QED) is 0.724. The first-order valence-electron chi connectivity index (χ1n) is 6.18. The summed E-state index contributed by atoms with van der Waals surface area (Å²) in [6.45, 7) is 0.252. The van der Waals surface area contributed by atoms with E-state index in [1.165, 1.54) is 0 Å². The molecule has 2 aromatic carbocycles. The first-order chi connectivity index (χ1) is 9.83. The predicted molar refractivity (Wildman–Crippen MR) is 73.0 cm³/mol. The Morgan fingerprint density at radius 1 is 1.10 bits per heavy atom. The summed E-state index contributed by atoms with van der Waals surface area (Å²) in [5.74, 6) is 2.20. The van der Waals surface area contributed by atoms with Crippen molar-refractivity contribution in [2.45, 2.75) is 0 Å². The molecule has 0 radical (unpaired) electrons. The van der Waals surface area contributed by atoms with E-state index in [1.54, 1.807) is 12.1 Å². The Balaban J connectivity index is 1.83. The normalized spacial score (nSPS) is 12.8. The number of carbonyl (C=O) groups excluding carboxylic acids is 1. The minimum absolute atomic E-state index is 0.252. The van der Waals surface area contributed by atoms with Gasteiger partial charge in [-0.15, -0.1) is 0 Å². The summed E-state index contributed by atoms with van der Waals surface area (Å²) in [6.07, 6.45) is 0.820. The number of nitrogens with one attached hydrogen (secondary N) is 1. The van der Waals surface area contributed by atoms with Crippen LogP contribution in [-0.2, 0) is 0 Å². The number of aromatic nitrogens is 2. The Morgan fingerprint density at radius 3 is 2.90 bits per heavy atom. The second-order valence-corrected chi connectivity index (χ2v) is 4.55. The maximum absolute atomic E-state index is 10.8. The van der Waals surface area contributed by atoms with E-state index in [-0.39, 0.29) is 6.79 Å². The molecule has 0 amide bonds. The van der Waals surface area contributed by atoms with Gasteiger partial charge in [-0.25, -0.2) is 4.98 Å². The number of hydrogen-bond donors (Lipinski definition) is 1. The molecule has 0 saturated carbocycles. The third-order valence-electron chi connectivity index (χ3n) is 3.29. The summed E-state index contributed by atoms with van der Waals surface area (Å²) < 4.78 is 10.6. The van der Waals surface area contributed by atoms with Crippen molar-refractivity contribution in [3.63, 3.8) is 0 Å². The van der Waals surface area contributed by atoms with Crippen LogP contribution < -0.4 is 9.47 Å². The highest BCUT2D eigenvalue weighted by molar-refractivity contribution is 5.86. The number of nitrogens with zero attached hydrogens (tertiary/aromatic N) is 1. The number of ether oxygens (including phenoxy) is 2. The Hall–Kier alpha value is -2.82. The summed E-state index contributed by atoms with van der Waals surface area (Å²) in [4.78, 5) is 18.5. The fourth-order valence-electron chi connectivity index (χ4n) is 2.28. The highest BCUT2D eigenvalue weighted by Gasteiger charge is 2.15. The van der Waals surface area contributed by atoms with E-state index in [0.29, 0.717) is 5.56 Å². The van der Waals surface area contributed by atoms with Crippen molar-refractivity contribution in [2.75, 3.05) is 6.79 Å². The number of rotatable bonds is 2. The maximum atomic E-state index is 10.8. The number of aromatic amines is 1. The molecule has 98 valence electrons. The molecule has 3 aromatic rings. The number of benzene rings is 2. The van der Waals surface area contributed by atoms with Crippen LogP contribution in [-0.4, -0.2) is 23.0 Å². The van der Waals surface area contributed by atoms with Gasteiger partial charge in [-0.05, 0) is 36.4 Å². The minimum atomic E-state index is 0.252. The first kappa shape index (κ1) is 11.0. The van der Waals surface area contributed by atoms with Gasteiger partial charge in [-0.1, -0.05) is 0 Å². The molecule has 0 saturated heterocycles. The average Bonchev–Trinajstić information content (AvgIpc) is 3.11.